The monoisotopic (exact) mass is 182 g/mol. The Morgan fingerprint density at radius 2 is 2.55 bits per heavy atom. The molecule has 11 heavy (non-hydrogen) atoms. The van der Waals surface area contributed by atoms with Crippen LogP contribution in [0.5, 0.6) is 0 Å². The summed E-state index contributed by atoms with van der Waals surface area (Å²) in [5, 5.41) is 1.03. The number of hydrogen-bond acceptors (Lipinski definition) is 4. The third-order valence-corrected chi connectivity index (χ3v) is 1.25. The van der Waals surface area contributed by atoms with Gasteiger partial charge in [0.25, 0.3) is 0 Å². The summed E-state index contributed by atoms with van der Waals surface area (Å²) in [5.41, 5.74) is 0. The fourth-order valence-corrected chi connectivity index (χ4v) is 0.814. The number of nitrogens with two attached hydrogens (primary N) is 1. The molecule has 1 amide bonds. The third kappa shape index (κ3) is 2.53. The molecule has 0 aromatic rings. The Morgan fingerprint density at radius 1 is 1.91 bits per heavy atom. The van der Waals surface area contributed by atoms with Crippen LogP contribution in [0, 0.1) is 0 Å². The molecule has 0 aromatic carbocycles. The number of carbonyl (C=O) groups excluding carboxylic acids is 1. The molecule has 0 spiro atoms. The van der Waals surface area contributed by atoms with E-state index in [0.29, 0.717) is 13.2 Å². The summed E-state index contributed by atoms with van der Waals surface area (Å²) in [4.78, 5) is 10.6. The molecule has 6 heteroatoms. The molecule has 5 nitrogen and oxygen atoms in total. The number of methoxy groups -OCH3 is 1. The van der Waals surface area contributed by atoms with E-state index >= 15 is 0 Å². The van der Waals surface area contributed by atoms with Crippen molar-refractivity contribution in [2.45, 2.75) is 6.10 Å². The molecule has 2 N–H and O–H groups in total. The van der Waals surface area contributed by atoms with Crippen molar-refractivity contribution in [3.05, 3.63) is 0 Å². The topological polar surface area (TPSA) is 64.8 Å². The quantitative estimate of drug-likeness (QED) is 0.473. The number of nitrogens with zero attached hydrogens (tertiary/aromatic N) is 1. The molecule has 0 radical (unpaired) electrons. The van der Waals surface area contributed by atoms with Gasteiger partial charge in [-0.25, -0.2) is 15.6 Å². The van der Waals surface area contributed by atoms with Gasteiger partial charge in [-0.3, -0.25) is 0 Å². The molecular weight excluding hydrogens is 172 g/mol. The minimum Gasteiger partial charge on any atom is -0.441 e. The lowest BCUT2D eigenvalue weighted by atomic mass is 10.4. The second-order valence-corrected chi connectivity index (χ2v) is 2.11. The van der Waals surface area contributed by atoms with Gasteiger partial charge in [0, 0.05) is 7.11 Å². The van der Waals surface area contributed by atoms with E-state index in [1.54, 1.807) is 7.11 Å². The average Bonchev–Trinajstić information content (AvgIpc) is 2.14. The van der Waals surface area contributed by atoms with E-state index in [2.05, 4.69) is 0 Å². The van der Waals surface area contributed by atoms with Crippen LogP contribution in [-0.2, 0) is 9.47 Å². The van der Waals surface area contributed by atoms with Crippen molar-refractivity contribution in [2.75, 3.05) is 20.3 Å². The fourth-order valence-electron chi connectivity index (χ4n) is 0.814. The van der Waals surface area contributed by atoms with Crippen LogP contribution in [0.25, 0.3) is 0 Å². The molecule has 0 aromatic heterocycles. The van der Waals surface area contributed by atoms with E-state index in [1.165, 1.54) is 0 Å². The summed E-state index contributed by atoms with van der Waals surface area (Å²) in [7, 11) is 1.55. The van der Waals surface area contributed by atoms with Crippen molar-refractivity contribution in [1.82, 2.24) is 5.01 Å². The molecule has 1 aliphatic rings. The zero-order chi connectivity index (χ0) is 7.56. The molecular formula is C5H11ClN2O3. The van der Waals surface area contributed by atoms with Gasteiger partial charge in [-0.15, -0.1) is 12.4 Å². The summed E-state index contributed by atoms with van der Waals surface area (Å²) < 4.78 is 9.51. The van der Waals surface area contributed by atoms with E-state index in [-0.39, 0.29) is 18.5 Å². The van der Waals surface area contributed by atoms with E-state index in [9.17, 15) is 4.79 Å². The Labute approximate surface area is 70.8 Å². The lowest BCUT2D eigenvalue weighted by Crippen LogP contribution is -2.32. The van der Waals surface area contributed by atoms with Crippen molar-refractivity contribution in [1.29, 1.82) is 0 Å². The highest BCUT2D eigenvalue weighted by Gasteiger charge is 2.28. The van der Waals surface area contributed by atoms with Crippen LogP contribution >= 0.6 is 12.4 Å². The number of rotatable bonds is 2. The SMILES string of the molecule is COCC1CN(N)C(=O)O1.Cl. The van der Waals surface area contributed by atoms with E-state index < -0.39 is 6.09 Å². The molecule has 1 saturated heterocycles. The standard InChI is InChI=1S/C5H10N2O3.ClH/c1-9-3-4-2-7(6)5(8)10-4;/h4H,2-3,6H2,1H3;1H. The number of ether oxygens (including phenoxy) is 2. The lowest BCUT2D eigenvalue weighted by molar-refractivity contribution is 0.0715. The Balaban J connectivity index is 0.000001000. The number of hydrogen-bond donors (Lipinski definition) is 1. The van der Waals surface area contributed by atoms with Gasteiger partial charge in [0.1, 0.15) is 6.10 Å². The number of carbonyl (C=O) groups is 1. The first-order valence-electron chi connectivity index (χ1n) is 2.96. The highest BCUT2D eigenvalue weighted by molar-refractivity contribution is 5.85. The van der Waals surface area contributed by atoms with Crippen LogP contribution in [0.15, 0.2) is 0 Å². The third-order valence-electron chi connectivity index (χ3n) is 1.25. The van der Waals surface area contributed by atoms with E-state index in [1.807, 2.05) is 0 Å². The summed E-state index contributed by atoms with van der Waals surface area (Å²) in [6.07, 6.45) is -0.690. The smallest absolute Gasteiger partial charge is 0.424 e. The highest BCUT2D eigenvalue weighted by atomic mass is 35.5. The fraction of sp³-hybridized carbons (Fsp3) is 0.800. The van der Waals surface area contributed by atoms with Crippen LogP contribution in [0.2, 0.25) is 0 Å². The number of halogens is 1. The van der Waals surface area contributed by atoms with Crippen LogP contribution in [-0.4, -0.2) is 37.5 Å². The van der Waals surface area contributed by atoms with Crippen LogP contribution in [0.1, 0.15) is 0 Å². The lowest BCUT2D eigenvalue weighted by Gasteiger charge is -2.03. The second kappa shape index (κ2) is 4.38. The second-order valence-electron chi connectivity index (χ2n) is 2.11. The first-order valence-corrected chi connectivity index (χ1v) is 2.96. The molecule has 1 aliphatic heterocycles. The molecule has 1 unspecified atom stereocenters. The van der Waals surface area contributed by atoms with Crippen molar-refractivity contribution >= 4 is 18.5 Å². The largest absolute Gasteiger partial charge is 0.441 e. The molecule has 0 aliphatic carbocycles. The summed E-state index contributed by atoms with van der Waals surface area (Å²) >= 11 is 0. The van der Waals surface area contributed by atoms with Crippen LogP contribution in [0.4, 0.5) is 4.79 Å². The Morgan fingerprint density at radius 3 is 2.91 bits per heavy atom. The Hall–Kier alpha value is -0.520. The zero-order valence-electron chi connectivity index (χ0n) is 6.15. The minimum absolute atomic E-state index is 0. The molecule has 0 bridgehead atoms. The molecule has 1 atom stereocenters. The van der Waals surface area contributed by atoms with Gasteiger partial charge in [0.2, 0.25) is 0 Å². The van der Waals surface area contributed by atoms with Crippen molar-refractivity contribution in [2.24, 2.45) is 5.84 Å². The minimum atomic E-state index is -0.484. The molecule has 0 saturated carbocycles. The van der Waals surface area contributed by atoms with Crippen molar-refractivity contribution < 1.29 is 14.3 Å². The van der Waals surface area contributed by atoms with Gasteiger partial charge >= 0.3 is 6.09 Å². The van der Waals surface area contributed by atoms with Crippen LogP contribution in [0.3, 0.4) is 0 Å². The van der Waals surface area contributed by atoms with Crippen molar-refractivity contribution in [3.63, 3.8) is 0 Å². The van der Waals surface area contributed by atoms with E-state index in [0.717, 1.165) is 5.01 Å². The van der Waals surface area contributed by atoms with Gasteiger partial charge in [0.05, 0.1) is 13.2 Å². The summed E-state index contributed by atoms with van der Waals surface area (Å²) in [5.74, 6) is 5.20. The molecule has 1 rings (SSSR count). The van der Waals surface area contributed by atoms with Gasteiger partial charge in [-0.05, 0) is 0 Å². The Kier molecular flexibility index (Phi) is 4.17. The van der Waals surface area contributed by atoms with Gasteiger partial charge in [0.15, 0.2) is 0 Å². The highest BCUT2D eigenvalue weighted by Crippen LogP contribution is 2.06. The predicted octanol–water partition coefficient (Wildman–Crippen LogP) is -0.251. The maximum atomic E-state index is 10.6. The maximum Gasteiger partial charge on any atom is 0.424 e. The first kappa shape index (κ1) is 10.5. The zero-order valence-corrected chi connectivity index (χ0v) is 6.97. The van der Waals surface area contributed by atoms with E-state index in [4.69, 9.17) is 15.3 Å². The number of hydrazine groups is 1. The van der Waals surface area contributed by atoms with Crippen LogP contribution < -0.4 is 5.84 Å². The normalized spacial score (nSPS) is 22.9. The first-order chi connectivity index (χ1) is 4.74. The molecule has 1 fully saturated rings. The maximum absolute atomic E-state index is 10.6. The molecule has 66 valence electrons. The van der Waals surface area contributed by atoms with Gasteiger partial charge in [-0.1, -0.05) is 0 Å². The average molecular weight is 183 g/mol. The predicted molar refractivity (Wildman–Crippen MR) is 40.3 cm³/mol. The Bertz CT molecular complexity index is 144. The van der Waals surface area contributed by atoms with Gasteiger partial charge in [-0.2, -0.15) is 0 Å². The summed E-state index contributed by atoms with van der Waals surface area (Å²) in [6, 6.07) is 0. The number of cyclic esters (lactones) is 1. The van der Waals surface area contributed by atoms with Crippen molar-refractivity contribution in [3.8, 4) is 0 Å². The summed E-state index contributed by atoms with van der Waals surface area (Å²) in [6.45, 7) is 0.812. The van der Waals surface area contributed by atoms with Gasteiger partial charge < -0.3 is 9.47 Å². The molecule has 1 heterocycles. The number of amides is 1.